The van der Waals surface area contributed by atoms with Crippen molar-refractivity contribution in [3.05, 3.63) is 53.3 Å². The summed E-state index contributed by atoms with van der Waals surface area (Å²) in [7, 11) is 0. The number of benzene rings is 2. The van der Waals surface area contributed by atoms with Gasteiger partial charge in [-0.3, -0.25) is 9.59 Å². The predicted molar refractivity (Wildman–Crippen MR) is 100 cm³/mol. The van der Waals surface area contributed by atoms with Crippen LogP contribution in [0.4, 0.5) is 18.9 Å². The number of hydrogen-bond acceptors (Lipinski definition) is 4. The topological polar surface area (TPSA) is 76.7 Å². The molecule has 9 heteroatoms. The number of ether oxygens (including phenoxy) is 2. The molecule has 29 heavy (non-hydrogen) atoms. The van der Waals surface area contributed by atoms with Gasteiger partial charge >= 0.3 is 11.8 Å². The Morgan fingerprint density at radius 2 is 1.59 bits per heavy atom. The number of halogens is 3. The molecule has 0 saturated carbocycles. The molecule has 0 aliphatic heterocycles. The number of carbonyl (C=O) groups is 2. The highest BCUT2D eigenvalue weighted by atomic mass is 19.2. The zero-order valence-corrected chi connectivity index (χ0v) is 16.0. The molecule has 0 aliphatic carbocycles. The Kier molecular flexibility index (Phi) is 7.88. The van der Waals surface area contributed by atoms with Gasteiger partial charge in [0.1, 0.15) is 0 Å². The molecule has 0 atom stereocenters. The molecule has 0 aliphatic rings. The van der Waals surface area contributed by atoms with Crippen LogP contribution >= 0.6 is 0 Å². The van der Waals surface area contributed by atoms with Crippen LogP contribution in [-0.2, 0) is 16.0 Å². The number of hydrogen-bond donors (Lipinski definition) is 2. The molecule has 156 valence electrons. The second-order valence-electron chi connectivity index (χ2n) is 5.83. The molecule has 0 unspecified atom stereocenters. The summed E-state index contributed by atoms with van der Waals surface area (Å²) in [5, 5.41) is 4.28. The molecule has 2 rings (SSSR count). The molecule has 2 aromatic carbocycles. The van der Waals surface area contributed by atoms with E-state index in [1.54, 1.807) is 18.2 Å². The minimum absolute atomic E-state index is 0.117. The maximum Gasteiger partial charge on any atom is 0.313 e. The molecular weight excluding hydrogens is 389 g/mol. The molecule has 0 saturated heterocycles. The number of nitrogens with one attached hydrogen (secondary N) is 2. The van der Waals surface area contributed by atoms with Gasteiger partial charge in [-0.05, 0) is 50.1 Å². The number of rotatable bonds is 8. The zero-order chi connectivity index (χ0) is 21.4. The molecule has 0 aromatic heterocycles. The molecule has 0 spiro atoms. The van der Waals surface area contributed by atoms with E-state index in [4.69, 9.17) is 9.47 Å². The number of amides is 2. The molecule has 2 aromatic rings. The van der Waals surface area contributed by atoms with Gasteiger partial charge in [-0.25, -0.2) is 13.2 Å². The average molecular weight is 410 g/mol. The van der Waals surface area contributed by atoms with Crippen LogP contribution in [0.2, 0.25) is 0 Å². The van der Waals surface area contributed by atoms with Crippen molar-refractivity contribution in [2.45, 2.75) is 20.3 Å². The summed E-state index contributed by atoms with van der Waals surface area (Å²) >= 11 is 0. The van der Waals surface area contributed by atoms with Gasteiger partial charge in [0.2, 0.25) is 0 Å². The van der Waals surface area contributed by atoms with E-state index in [-0.39, 0.29) is 6.54 Å². The minimum atomic E-state index is -1.73. The van der Waals surface area contributed by atoms with Crippen LogP contribution < -0.4 is 20.1 Å². The van der Waals surface area contributed by atoms with Crippen molar-refractivity contribution in [1.29, 1.82) is 0 Å². The lowest BCUT2D eigenvalue weighted by molar-refractivity contribution is -0.136. The fraction of sp³-hybridized carbons (Fsp3) is 0.300. The first-order valence-corrected chi connectivity index (χ1v) is 8.98. The van der Waals surface area contributed by atoms with E-state index in [0.717, 1.165) is 11.6 Å². The Balaban J connectivity index is 1.91. The molecule has 2 amide bonds. The van der Waals surface area contributed by atoms with Gasteiger partial charge in [0.15, 0.2) is 29.0 Å². The SMILES string of the molecule is CCOc1ccc(CCNC(=O)C(=O)Nc2ccc(F)c(F)c2F)cc1OCC. The first kappa shape index (κ1) is 22.1. The van der Waals surface area contributed by atoms with Crippen LogP contribution in [0, 0.1) is 17.5 Å². The van der Waals surface area contributed by atoms with Crippen molar-refractivity contribution >= 4 is 17.5 Å². The van der Waals surface area contributed by atoms with Gasteiger partial charge in [-0.2, -0.15) is 0 Å². The van der Waals surface area contributed by atoms with E-state index in [1.165, 1.54) is 0 Å². The van der Waals surface area contributed by atoms with Gasteiger partial charge in [0.25, 0.3) is 0 Å². The van der Waals surface area contributed by atoms with Crippen LogP contribution in [-0.4, -0.2) is 31.6 Å². The van der Waals surface area contributed by atoms with E-state index >= 15 is 0 Å². The largest absolute Gasteiger partial charge is 0.490 e. The van der Waals surface area contributed by atoms with Crippen LogP contribution in [0.3, 0.4) is 0 Å². The van der Waals surface area contributed by atoms with Crippen molar-refractivity contribution < 1.29 is 32.2 Å². The van der Waals surface area contributed by atoms with Gasteiger partial charge in [-0.15, -0.1) is 0 Å². The summed E-state index contributed by atoms with van der Waals surface area (Å²) in [6.45, 7) is 4.77. The first-order valence-electron chi connectivity index (χ1n) is 8.98. The molecule has 6 nitrogen and oxygen atoms in total. The highest BCUT2D eigenvalue weighted by Gasteiger charge is 2.19. The van der Waals surface area contributed by atoms with E-state index < -0.39 is 35.0 Å². The Morgan fingerprint density at radius 1 is 0.897 bits per heavy atom. The van der Waals surface area contributed by atoms with Gasteiger partial charge in [-0.1, -0.05) is 6.07 Å². The summed E-state index contributed by atoms with van der Waals surface area (Å²) < 4.78 is 50.6. The van der Waals surface area contributed by atoms with Crippen molar-refractivity contribution in [2.24, 2.45) is 0 Å². The third kappa shape index (κ3) is 5.87. The second kappa shape index (κ2) is 10.4. The summed E-state index contributed by atoms with van der Waals surface area (Å²) in [5.74, 6) is -5.76. The van der Waals surface area contributed by atoms with Crippen molar-refractivity contribution in [3.8, 4) is 11.5 Å². The van der Waals surface area contributed by atoms with Gasteiger partial charge in [0, 0.05) is 6.54 Å². The second-order valence-corrected chi connectivity index (χ2v) is 5.83. The van der Waals surface area contributed by atoms with E-state index in [2.05, 4.69) is 5.32 Å². The van der Waals surface area contributed by atoms with Crippen molar-refractivity contribution in [3.63, 3.8) is 0 Å². The fourth-order valence-corrected chi connectivity index (χ4v) is 2.45. The standard InChI is InChI=1S/C20H21F3N2O4/c1-3-28-15-8-5-12(11-16(15)29-4-2)9-10-24-19(26)20(27)25-14-7-6-13(21)17(22)18(14)23/h5-8,11H,3-4,9-10H2,1-2H3,(H,24,26)(H,25,27). The Labute approximate surface area is 166 Å². The highest BCUT2D eigenvalue weighted by molar-refractivity contribution is 6.39. The quantitative estimate of drug-likeness (QED) is 0.518. The monoisotopic (exact) mass is 410 g/mol. The summed E-state index contributed by atoms with van der Waals surface area (Å²) in [5.41, 5.74) is 0.209. The third-order valence-electron chi connectivity index (χ3n) is 3.80. The Morgan fingerprint density at radius 3 is 2.28 bits per heavy atom. The van der Waals surface area contributed by atoms with Crippen LogP contribution in [0.15, 0.2) is 30.3 Å². The maximum atomic E-state index is 13.6. The zero-order valence-electron chi connectivity index (χ0n) is 16.0. The summed E-state index contributed by atoms with van der Waals surface area (Å²) in [4.78, 5) is 23.7. The van der Waals surface area contributed by atoms with Crippen molar-refractivity contribution in [1.82, 2.24) is 5.32 Å². The fourth-order valence-electron chi connectivity index (χ4n) is 2.45. The van der Waals surface area contributed by atoms with Crippen LogP contribution in [0.1, 0.15) is 19.4 Å². The van der Waals surface area contributed by atoms with Crippen molar-refractivity contribution in [2.75, 3.05) is 25.1 Å². The Bertz CT molecular complexity index is 890. The highest BCUT2D eigenvalue weighted by Crippen LogP contribution is 2.28. The Hall–Kier alpha value is -3.23. The molecule has 0 radical (unpaired) electrons. The molecular formula is C20H21F3N2O4. The summed E-state index contributed by atoms with van der Waals surface area (Å²) in [6, 6.07) is 6.81. The van der Waals surface area contributed by atoms with Gasteiger partial charge in [0.05, 0.1) is 18.9 Å². The van der Waals surface area contributed by atoms with Crippen LogP contribution in [0.5, 0.6) is 11.5 Å². The van der Waals surface area contributed by atoms with Gasteiger partial charge < -0.3 is 20.1 Å². The normalized spacial score (nSPS) is 10.4. The lowest BCUT2D eigenvalue weighted by atomic mass is 10.1. The first-order chi connectivity index (χ1) is 13.9. The maximum absolute atomic E-state index is 13.6. The van der Waals surface area contributed by atoms with E-state index in [9.17, 15) is 22.8 Å². The summed E-state index contributed by atoms with van der Waals surface area (Å²) in [6.07, 6.45) is 0.394. The smallest absolute Gasteiger partial charge is 0.313 e. The lowest BCUT2D eigenvalue weighted by Gasteiger charge is -2.12. The minimum Gasteiger partial charge on any atom is -0.490 e. The molecule has 0 bridgehead atoms. The number of anilines is 1. The average Bonchev–Trinajstić information content (AvgIpc) is 2.70. The predicted octanol–water partition coefficient (Wildman–Crippen LogP) is 3.20. The third-order valence-corrected chi connectivity index (χ3v) is 3.80. The number of carbonyl (C=O) groups excluding carboxylic acids is 2. The molecule has 0 heterocycles. The van der Waals surface area contributed by atoms with E-state index in [0.29, 0.717) is 37.2 Å². The lowest BCUT2D eigenvalue weighted by Crippen LogP contribution is -2.36. The molecule has 2 N–H and O–H groups in total. The van der Waals surface area contributed by atoms with E-state index in [1.807, 2.05) is 19.2 Å². The molecule has 0 fully saturated rings. The van der Waals surface area contributed by atoms with Crippen LogP contribution in [0.25, 0.3) is 0 Å².